The molecule has 248 valence electrons. The van der Waals surface area contributed by atoms with E-state index in [1.54, 1.807) is 37.3 Å². The zero-order chi connectivity index (χ0) is 34.5. The predicted octanol–water partition coefficient (Wildman–Crippen LogP) is 7.96. The predicted molar refractivity (Wildman–Crippen MR) is 159 cm³/mol. The first-order valence-electron chi connectivity index (χ1n) is 14.1. The molecule has 0 aliphatic heterocycles. The number of methoxy groups -OCH3 is 2. The van der Waals surface area contributed by atoms with Crippen LogP contribution in [0.1, 0.15) is 27.8 Å². The van der Waals surface area contributed by atoms with E-state index in [1.807, 2.05) is 0 Å². The van der Waals surface area contributed by atoms with Gasteiger partial charge in [0.25, 0.3) is 11.2 Å². The molecule has 0 N–H and O–H groups in total. The highest BCUT2D eigenvalue weighted by atomic mass is 19.4. The monoisotopic (exact) mass is 660 g/mol. The summed E-state index contributed by atoms with van der Waals surface area (Å²) in [5.74, 6) is -3.39. The fourth-order valence-corrected chi connectivity index (χ4v) is 5.39. The smallest absolute Gasteiger partial charge is 0.432 e. The van der Waals surface area contributed by atoms with Crippen LogP contribution in [0.15, 0.2) is 103 Å². The lowest BCUT2D eigenvalue weighted by Crippen LogP contribution is -2.51. The van der Waals surface area contributed by atoms with Gasteiger partial charge in [-0.05, 0) is 34.7 Å². The molecule has 0 fully saturated rings. The average molecular weight is 661 g/mol. The first-order chi connectivity index (χ1) is 22.2. The van der Waals surface area contributed by atoms with Crippen molar-refractivity contribution in [3.05, 3.63) is 131 Å². The topological polar surface area (TPSA) is 71.1 Å². The summed E-state index contributed by atoms with van der Waals surface area (Å²) in [6.45, 7) is 0.454. The zero-order valence-corrected chi connectivity index (χ0v) is 25.4. The van der Waals surface area contributed by atoms with Crippen LogP contribution < -0.4 is 0 Å². The summed E-state index contributed by atoms with van der Waals surface area (Å²) in [5.41, 5.74) is -5.81. The number of rotatable bonds is 11. The molecule has 2 unspecified atom stereocenters. The highest BCUT2D eigenvalue weighted by Gasteiger charge is 2.65. The molecule has 4 aromatic carbocycles. The lowest BCUT2D eigenvalue weighted by atomic mass is 9.91. The number of aryl methyl sites for hydroxylation is 1. The Labute approximate surface area is 266 Å². The van der Waals surface area contributed by atoms with Crippen molar-refractivity contribution in [2.24, 2.45) is 0 Å². The Morgan fingerprint density at radius 3 is 1.40 bits per heavy atom. The van der Waals surface area contributed by atoms with Gasteiger partial charge in [-0.15, -0.1) is 0 Å². The molecule has 6 nitrogen and oxygen atoms in total. The molecule has 47 heavy (non-hydrogen) atoms. The molecule has 2 atom stereocenters. The van der Waals surface area contributed by atoms with Crippen molar-refractivity contribution in [2.75, 3.05) is 14.2 Å². The molecule has 0 aromatic heterocycles. The highest BCUT2D eigenvalue weighted by molar-refractivity contribution is 5.84. The Bertz CT molecular complexity index is 1690. The number of carbonyl (C=O) groups excluding carboxylic acids is 2. The van der Waals surface area contributed by atoms with Gasteiger partial charge in [0.15, 0.2) is 0 Å². The maximum Gasteiger partial charge on any atom is 0.432 e. The number of benzene rings is 4. The fraction of sp³-hybridized carbons (Fsp3) is 0.257. The van der Waals surface area contributed by atoms with Crippen molar-refractivity contribution in [1.82, 2.24) is 0 Å². The Hall–Kier alpha value is -4.68. The van der Waals surface area contributed by atoms with Crippen LogP contribution in [0.3, 0.4) is 0 Å². The van der Waals surface area contributed by atoms with Crippen molar-refractivity contribution in [2.45, 2.75) is 43.7 Å². The lowest BCUT2D eigenvalue weighted by molar-refractivity contribution is -0.277. The molecule has 4 rings (SSSR count). The van der Waals surface area contributed by atoms with E-state index >= 15 is 0 Å². The Morgan fingerprint density at radius 1 is 0.553 bits per heavy atom. The van der Waals surface area contributed by atoms with E-state index in [4.69, 9.17) is 18.9 Å². The van der Waals surface area contributed by atoms with Crippen molar-refractivity contribution in [3.8, 4) is 11.1 Å². The van der Waals surface area contributed by atoms with E-state index < -0.39 is 59.8 Å². The second-order valence-electron chi connectivity index (χ2n) is 10.4. The van der Waals surface area contributed by atoms with E-state index in [-0.39, 0.29) is 11.1 Å². The quantitative estimate of drug-likeness (QED) is 0.120. The second-order valence-corrected chi connectivity index (χ2v) is 10.4. The summed E-state index contributed by atoms with van der Waals surface area (Å²) < 4.78 is 106. The number of hydrogen-bond donors (Lipinski definition) is 0. The van der Waals surface area contributed by atoms with Gasteiger partial charge in [0.05, 0.1) is 0 Å². The first kappa shape index (κ1) is 35.2. The van der Waals surface area contributed by atoms with Gasteiger partial charge in [-0.1, -0.05) is 103 Å². The minimum Gasteiger partial charge on any atom is -0.458 e. The molecular weight excluding hydrogens is 630 g/mol. The Morgan fingerprint density at radius 2 is 0.957 bits per heavy atom. The molecule has 0 saturated carbocycles. The normalized spacial score (nSPS) is 14.5. The van der Waals surface area contributed by atoms with Gasteiger partial charge in [-0.3, -0.25) is 0 Å². The third-order valence-electron chi connectivity index (χ3n) is 7.71. The maximum absolute atomic E-state index is 14.4. The van der Waals surface area contributed by atoms with Crippen LogP contribution in [0.5, 0.6) is 0 Å². The molecule has 0 spiro atoms. The number of carbonyl (C=O) groups is 2. The number of ether oxygens (including phenoxy) is 4. The Balaban J connectivity index is 1.66. The van der Waals surface area contributed by atoms with Crippen molar-refractivity contribution < 1.29 is 54.9 Å². The fourth-order valence-electron chi connectivity index (χ4n) is 5.39. The Kier molecular flexibility index (Phi) is 10.5. The summed E-state index contributed by atoms with van der Waals surface area (Å²) in [4.78, 5) is 26.4. The van der Waals surface area contributed by atoms with E-state index in [9.17, 15) is 35.9 Å². The van der Waals surface area contributed by atoms with Crippen LogP contribution in [0.2, 0.25) is 0 Å². The molecule has 4 aromatic rings. The number of halogens is 6. The largest absolute Gasteiger partial charge is 0.458 e. The molecule has 0 radical (unpaired) electrons. The van der Waals surface area contributed by atoms with E-state index in [2.05, 4.69) is 0 Å². The average Bonchev–Trinajstić information content (AvgIpc) is 3.04. The number of alkyl halides is 6. The summed E-state index contributed by atoms with van der Waals surface area (Å²) in [6, 6.07) is 23.8. The van der Waals surface area contributed by atoms with Gasteiger partial charge in [0, 0.05) is 25.3 Å². The van der Waals surface area contributed by atoms with Crippen molar-refractivity contribution >= 4 is 11.9 Å². The molecule has 0 saturated heterocycles. The number of hydrogen-bond acceptors (Lipinski definition) is 6. The zero-order valence-electron chi connectivity index (χ0n) is 25.4. The second kappa shape index (κ2) is 14.0. The molecular formula is C35H30F6O6. The molecule has 0 heterocycles. The summed E-state index contributed by atoms with van der Waals surface area (Å²) in [5, 5.41) is 0. The SMILES string of the molecule is COC(C(=O)OCc1ccccc1-c1c(C)cccc1COC(=O)C(OC)(c1ccccc1)C(F)(F)F)(c1ccccc1)C(F)(F)F. The minimum atomic E-state index is -5.18. The standard InChI is InChI=1S/C35H30F6O6/c1-23-13-12-15-25(22-47-31(43)33(45-3,35(39,40)41)27-18-8-5-9-19-27)29(23)28-20-11-10-14-24(28)21-46-30(42)32(44-2,34(36,37)38)26-16-6-4-7-17-26/h4-20H,21-22H2,1-3H3. The van der Waals surface area contributed by atoms with Gasteiger partial charge in [-0.2, -0.15) is 26.3 Å². The van der Waals surface area contributed by atoms with Gasteiger partial charge in [0.2, 0.25) is 0 Å². The third-order valence-corrected chi connectivity index (χ3v) is 7.71. The van der Waals surface area contributed by atoms with Crippen LogP contribution in [-0.2, 0) is 53.0 Å². The first-order valence-corrected chi connectivity index (χ1v) is 14.1. The van der Waals surface area contributed by atoms with Crippen LogP contribution >= 0.6 is 0 Å². The maximum atomic E-state index is 14.4. The van der Waals surface area contributed by atoms with Gasteiger partial charge in [0.1, 0.15) is 13.2 Å². The van der Waals surface area contributed by atoms with Crippen LogP contribution in [0, 0.1) is 6.92 Å². The van der Waals surface area contributed by atoms with Crippen molar-refractivity contribution in [1.29, 1.82) is 0 Å². The third kappa shape index (κ3) is 6.61. The molecule has 12 heteroatoms. The van der Waals surface area contributed by atoms with Crippen LogP contribution in [0.25, 0.3) is 11.1 Å². The van der Waals surface area contributed by atoms with E-state index in [0.29, 0.717) is 16.7 Å². The summed E-state index contributed by atoms with van der Waals surface area (Å²) in [6.07, 6.45) is -10.4. The van der Waals surface area contributed by atoms with Crippen molar-refractivity contribution in [3.63, 3.8) is 0 Å². The molecule has 0 aliphatic rings. The highest BCUT2D eigenvalue weighted by Crippen LogP contribution is 2.45. The molecule has 0 amide bonds. The lowest BCUT2D eigenvalue weighted by Gasteiger charge is -2.32. The van der Waals surface area contributed by atoms with Crippen LogP contribution in [-0.4, -0.2) is 38.5 Å². The molecule has 0 aliphatic carbocycles. The summed E-state index contributed by atoms with van der Waals surface area (Å²) in [7, 11) is 1.51. The minimum absolute atomic E-state index is 0.272. The van der Waals surface area contributed by atoms with Gasteiger partial charge < -0.3 is 18.9 Å². The van der Waals surface area contributed by atoms with E-state index in [1.165, 1.54) is 48.5 Å². The molecule has 0 bridgehead atoms. The summed E-state index contributed by atoms with van der Waals surface area (Å²) >= 11 is 0. The number of esters is 2. The van der Waals surface area contributed by atoms with Crippen LogP contribution in [0.4, 0.5) is 26.3 Å². The van der Waals surface area contributed by atoms with Gasteiger partial charge >= 0.3 is 24.3 Å². The van der Waals surface area contributed by atoms with E-state index in [0.717, 1.165) is 38.5 Å². The van der Waals surface area contributed by atoms with Gasteiger partial charge in [-0.25, -0.2) is 9.59 Å².